The lowest BCUT2D eigenvalue weighted by Crippen LogP contribution is -2.52. The van der Waals surface area contributed by atoms with Crippen molar-refractivity contribution in [3.05, 3.63) is 29.3 Å². The van der Waals surface area contributed by atoms with Gasteiger partial charge in [-0.25, -0.2) is 0 Å². The van der Waals surface area contributed by atoms with Gasteiger partial charge in [-0.3, -0.25) is 19.7 Å². The summed E-state index contributed by atoms with van der Waals surface area (Å²) in [5.74, 6) is -0.487. The molecule has 0 spiro atoms. The molecular formula is C24H28F3N3O4. The zero-order valence-corrected chi connectivity index (χ0v) is 18.7. The van der Waals surface area contributed by atoms with E-state index in [-0.39, 0.29) is 56.3 Å². The van der Waals surface area contributed by atoms with E-state index >= 15 is 0 Å². The second-order valence-electron chi connectivity index (χ2n) is 9.93. The molecule has 1 aromatic carbocycles. The Bertz CT molecular complexity index is 1010. The minimum atomic E-state index is -4.19. The highest BCUT2D eigenvalue weighted by Gasteiger charge is 2.62. The molecule has 34 heavy (non-hydrogen) atoms. The Morgan fingerprint density at radius 3 is 2.59 bits per heavy atom. The summed E-state index contributed by atoms with van der Waals surface area (Å²) in [5, 5.41) is 5.43. The monoisotopic (exact) mass is 479 g/mol. The van der Waals surface area contributed by atoms with Gasteiger partial charge >= 0.3 is 6.18 Å². The number of amides is 3. The smallest absolute Gasteiger partial charge is 0.395 e. The number of halogens is 3. The van der Waals surface area contributed by atoms with E-state index in [9.17, 15) is 27.6 Å². The Hall–Kier alpha value is -2.62. The van der Waals surface area contributed by atoms with Gasteiger partial charge in [-0.1, -0.05) is 6.42 Å². The second-order valence-corrected chi connectivity index (χ2v) is 9.93. The van der Waals surface area contributed by atoms with E-state index in [2.05, 4.69) is 10.6 Å². The first-order chi connectivity index (χ1) is 16.2. The summed E-state index contributed by atoms with van der Waals surface area (Å²) < 4.78 is 46.2. The average molecular weight is 479 g/mol. The lowest BCUT2D eigenvalue weighted by Gasteiger charge is -2.34. The number of carbonyl (C=O) groups is 3. The maximum Gasteiger partial charge on any atom is 0.395 e. The molecule has 4 aliphatic rings. The van der Waals surface area contributed by atoms with Gasteiger partial charge in [0.1, 0.15) is 17.9 Å². The number of carbonyl (C=O) groups excluding carboxylic acids is 3. The normalized spacial score (nSPS) is 28.5. The molecular weight excluding hydrogens is 451 g/mol. The largest absolute Gasteiger partial charge is 0.489 e. The number of nitrogens with zero attached hydrogens (tertiary/aromatic N) is 1. The maximum atomic E-state index is 13.3. The molecule has 0 bridgehead atoms. The highest BCUT2D eigenvalue weighted by molar-refractivity contribution is 6.05. The molecule has 1 aromatic rings. The fourth-order valence-corrected chi connectivity index (χ4v) is 5.31. The first-order valence-corrected chi connectivity index (χ1v) is 11.9. The van der Waals surface area contributed by atoms with E-state index in [1.165, 1.54) is 4.90 Å². The van der Waals surface area contributed by atoms with Crippen molar-refractivity contribution in [2.24, 2.45) is 5.41 Å². The van der Waals surface area contributed by atoms with Crippen molar-refractivity contribution in [2.45, 2.75) is 82.3 Å². The zero-order valence-electron chi connectivity index (χ0n) is 18.7. The van der Waals surface area contributed by atoms with Crippen molar-refractivity contribution in [2.75, 3.05) is 6.54 Å². The van der Waals surface area contributed by atoms with Crippen molar-refractivity contribution in [3.63, 3.8) is 0 Å². The minimum absolute atomic E-state index is 0.0827. The molecule has 2 aliphatic carbocycles. The van der Waals surface area contributed by atoms with E-state index in [1.807, 2.05) is 0 Å². The molecule has 2 heterocycles. The van der Waals surface area contributed by atoms with Gasteiger partial charge in [0.25, 0.3) is 5.91 Å². The van der Waals surface area contributed by atoms with E-state index in [0.717, 1.165) is 31.2 Å². The van der Waals surface area contributed by atoms with Crippen LogP contribution in [0.4, 0.5) is 13.2 Å². The molecule has 3 amide bonds. The molecule has 1 saturated heterocycles. The lowest BCUT2D eigenvalue weighted by atomic mass is 9.91. The first kappa shape index (κ1) is 23.1. The molecule has 0 radical (unpaired) electrons. The highest BCUT2D eigenvalue weighted by atomic mass is 19.4. The van der Waals surface area contributed by atoms with Gasteiger partial charge in [0, 0.05) is 31.1 Å². The molecule has 2 N–H and O–H groups in total. The number of hydrogen-bond donors (Lipinski definition) is 2. The Morgan fingerprint density at radius 2 is 1.88 bits per heavy atom. The van der Waals surface area contributed by atoms with Crippen LogP contribution in [0, 0.1) is 5.41 Å². The Labute approximate surface area is 195 Å². The van der Waals surface area contributed by atoms with Gasteiger partial charge in [0.2, 0.25) is 11.8 Å². The summed E-state index contributed by atoms with van der Waals surface area (Å²) in [4.78, 5) is 38.0. The third-order valence-electron chi connectivity index (χ3n) is 7.64. The molecule has 184 valence electrons. The van der Waals surface area contributed by atoms with E-state index in [1.54, 1.807) is 18.2 Å². The van der Waals surface area contributed by atoms with Crippen LogP contribution in [0.2, 0.25) is 0 Å². The standard InChI is InChI=1S/C24H28F3N3O4/c25-24(26,27)23(9-10-23)13-28-17-3-1-2-4-19(17)34-15-5-6-16-14(11-15)12-30(22(16)33)18-7-8-20(31)29-21(18)32/h5-6,11,17-19,28H,1-4,7-10,12-13H2,(H,29,31,32)/t17-,18?,19-/m0/s1. The van der Waals surface area contributed by atoms with E-state index in [4.69, 9.17) is 4.74 Å². The number of hydrogen-bond acceptors (Lipinski definition) is 5. The fraction of sp³-hybridized carbons (Fsp3) is 0.625. The van der Waals surface area contributed by atoms with Gasteiger partial charge in [0.15, 0.2) is 0 Å². The van der Waals surface area contributed by atoms with Crippen LogP contribution < -0.4 is 15.4 Å². The van der Waals surface area contributed by atoms with Gasteiger partial charge in [-0.05, 0) is 62.3 Å². The molecule has 5 rings (SSSR count). The van der Waals surface area contributed by atoms with E-state index < -0.39 is 23.5 Å². The first-order valence-electron chi connectivity index (χ1n) is 11.9. The fourth-order valence-electron chi connectivity index (χ4n) is 5.31. The molecule has 1 unspecified atom stereocenters. The number of nitrogens with one attached hydrogen (secondary N) is 2. The highest BCUT2D eigenvalue weighted by Crippen LogP contribution is 2.57. The molecule has 10 heteroatoms. The quantitative estimate of drug-likeness (QED) is 0.613. The molecule has 2 saturated carbocycles. The SMILES string of the molecule is O=C1CCC(N2Cc3cc(O[C@H]4CCCC[C@@H]4NCC4(C(F)(F)F)CC4)ccc3C2=O)C(=O)N1. The van der Waals surface area contributed by atoms with Gasteiger partial charge in [0.05, 0.1) is 5.41 Å². The summed E-state index contributed by atoms with van der Waals surface area (Å²) in [6.07, 6.45) is -0.227. The summed E-state index contributed by atoms with van der Waals surface area (Å²) in [5.41, 5.74) is -0.361. The molecule has 2 aliphatic heterocycles. The van der Waals surface area contributed by atoms with Gasteiger partial charge < -0.3 is 15.0 Å². The number of benzene rings is 1. The number of alkyl halides is 3. The summed E-state index contributed by atoms with van der Waals surface area (Å²) in [6, 6.07) is 4.31. The number of imide groups is 1. The molecule has 3 fully saturated rings. The Balaban J connectivity index is 1.25. The van der Waals surface area contributed by atoms with Crippen LogP contribution in [-0.4, -0.2) is 53.5 Å². The summed E-state index contributed by atoms with van der Waals surface area (Å²) >= 11 is 0. The lowest BCUT2D eigenvalue weighted by molar-refractivity contribution is -0.186. The summed E-state index contributed by atoms with van der Waals surface area (Å²) in [7, 11) is 0. The molecule has 0 aromatic heterocycles. The third kappa shape index (κ3) is 4.28. The van der Waals surface area contributed by atoms with Crippen molar-refractivity contribution < 1.29 is 32.3 Å². The Kier molecular flexibility index (Phi) is 5.82. The molecule has 7 nitrogen and oxygen atoms in total. The van der Waals surface area contributed by atoms with Crippen molar-refractivity contribution in [3.8, 4) is 5.75 Å². The van der Waals surface area contributed by atoms with Crippen molar-refractivity contribution in [1.29, 1.82) is 0 Å². The van der Waals surface area contributed by atoms with Crippen LogP contribution >= 0.6 is 0 Å². The number of rotatable bonds is 6. The number of fused-ring (bicyclic) bond motifs is 1. The zero-order chi connectivity index (χ0) is 24.1. The van der Waals surface area contributed by atoms with Gasteiger partial charge in [-0.2, -0.15) is 13.2 Å². The van der Waals surface area contributed by atoms with Crippen LogP contribution in [-0.2, 0) is 16.1 Å². The molecule has 3 atom stereocenters. The van der Waals surface area contributed by atoms with Crippen LogP contribution in [0.5, 0.6) is 5.75 Å². The van der Waals surface area contributed by atoms with Crippen LogP contribution in [0.25, 0.3) is 0 Å². The summed E-state index contributed by atoms with van der Waals surface area (Å²) in [6.45, 7) is 0.165. The minimum Gasteiger partial charge on any atom is -0.489 e. The van der Waals surface area contributed by atoms with E-state index in [0.29, 0.717) is 17.7 Å². The topological polar surface area (TPSA) is 87.7 Å². The van der Waals surface area contributed by atoms with Crippen LogP contribution in [0.15, 0.2) is 18.2 Å². The Morgan fingerprint density at radius 1 is 1.12 bits per heavy atom. The third-order valence-corrected chi connectivity index (χ3v) is 7.64. The average Bonchev–Trinajstić information content (AvgIpc) is 3.52. The van der Waals surface area contributed by atoms with Crippen molar-refractivity contribution in [1.82, 2.24) is 15.5 Å². The maximum absolute atomic E-state index is 13.3. The number of ether oxygens (including phenoxy) is 1. The van der Waals surface area contributed by atoms with Crippen molar-refractivity contribution >= 4 is 17.7 Å². The number of piperidine rings is 1. The predicted molar refractivity (Wildman–Crippen MR) is 115 cm³/mol. The van der Waals surface area contributed by atoms with Crippen LogP contribution in [0.3, 0.4) is 0 Å². The predicted octanol–water partition coefficient (Wildman–Crippen LogP) is 3.07. The second kappa shape index (κ2) is 8.55. The van der Waals surface area contributed by atoms with Crippen LogP contribution in [0.1, 0.15) is 67.3 Å². The van der Waals surface area contributed by atoms with Gasteiger partial charge in [-0.15, -0.1) is 0 Å².